The van der Waals surface area contributed by atoms with Crippen LogP contribution in [0.5, 0.6) is 0 Å². The summed E-state index contributed by atoms with van der Waals surface area (Å²) in [5, 5.41) is 8.28. The number of carbonyl (C=O) groups excluding carboxylic acids is 6. The molecule has 17 nitrogen and oxygen atoms in total. The van der Waals surface area contributed by atoms with Gasteiger partial charge in [-0.15, -0.1) is 0 Å². The summed E-state index contributed by atoms with van der Waals surface area (Å²) in [5.41, 5.74) is 0. The number of carbonyl (C=O) groups is 6. The van der Waals surface area contributed by atoms with Crippen molar-refractivity contribution in [2.75, 3.05) is 13.2 Å². The minimum absolute atomic E-state index is 0.389. The highest BCUT2D eigenvalue weighted by molar-refractivity contribution is 6.76. The van der Waals surface area contributed by atoms with Gasteiger partial charge in [-0.2, -0.15) is 0 Å². The Morgan fingerprint density at radius 2 is 0.877 bits per heavy atom. The van der Waals surface area contributed by atoms with Crippen molar-refractivity contribution in [1.82, 2.24) is 0 Å². The Hall–Kier alpha value is -2.96. The van der Waals surface area contributed by atoms with E-state index in [-0.39, 0.29) is 6.61 Å². The van der Waals surface area contributed by atoms with Gasteiger partial charge >= 0.3 is 35.8 Å². The lowest BCUT2D eigenvalue weighted by molar-refractivity contribution is -0.317. The molecule has 1 N–H and O–H groups in total. The number of hydrogen-bond donors (Lipinski definition) is 1. The van der Waals surface area contributed by atoms with E-state index in [9.17, 15) is 28.8 Å². The molecule has 2 aliphatic heterocycles. The fourth-order valence-corrected chi connectivity index (χ4v) is 4.91. The molecule has 0 bridgehead atoms. The number of nitrogens with one attached hydrogen (secondary N) is 1. The summed E-state index contributed by atoms with van der Waals surface area (Å²) in [6, 6.07) is 0. The monoisotopic (exact) mass is 875 g/mol. The van der Waals surface area contributed by atoms with Gasteiger partial charge in [-0.25, -0.2) is 0 Å². The SMILES string of the molecule is CC(C)C(=O)O[C@@H]1[C@@H](OC(=O)C(C)C)[C@@H](OC(=N)C(Cl)(Cl)Cl)O[C@H](CO[C@@H]2OC[C@H](OC(=O)C(C)C)[C@H](OC(=O)C(C)C)[C@H]2OC(=O)C(C)C)[C@H]1OC(=O)C(C)C. The standard InChI is InChI=1S/C37H56Cl3NO16/c1-15(2)28(42)50-21-13-48-34(26(55-32(46)19(9)10)24(21)53-30(44)17(5)6)49-14-22-23(52-29(43)16(3)4)25(54-31(45)18(7)8)27(56-33(47)20(11)12)35(51-22)57-36(41)37(38,39)40/h15-27,34-35,41H,13-14H2,1-12H3/t21-,22+,23+,24-,25-,26+,27+,34-,35+/m0/s1. The second-order valence-corrected chi connectivity index (χ2v) is 17.7. The fourth-order valence-electron chi connectivity index (χ4n) is 4.77. The Labute approximate surface area is 348 Å². The van der Waals surface area contributed by atoms with Crippen LogP contribution >= 0.6 is 34.8 Å². The molecule has 0 unspecified atom stereocenters. The van der Waals surface area contributed by atoms with E-state index < -0.39 is 143 Å². The maximum atomic E-state index is 13.2. The molecule has 57 heavy (non-hydrogen) atoms. The van der Waals surface area contributed by atoms with Crippen molar-refractivity contribution in [2.45, 2.75) is 142 Å². The van der Waals surface area contributed by atoms with Crippen LogP contribution in [0.3, 0.4) is 0 Å². The van der Waals surface area contributed by atoms with Crippen LogP contribution in [-0.2, 0) is 76.1 Å². The van der Waals surface area contributed by atoms with Crippen LogP contribution in [0.15, 0.2) is 0 Å². The Morgan fingerprint density at radius 1 is 0.526 bits per heavy atom. The minimum Gasteiger partial charge on any atom is -0.456 e. The molecule has 0 amide bonds. The van der Waals surface area contributed by atoms with E-state index in [2.05, 4.69) is 0 Å². The van der Waals surface area contributed by atoms with Crippen molar-refractivity contribution in [3.8, 4) is 0 Å². The normalized spacial score (nSPS) is 26.6. The van der Waals surface area contributed by atoms with Gasteiger partial charge in [0.05, 0.1) is 48.7 Å². The number of ether oxygens (including phenoxy) is 10. The van der Waals surface area contributed by atoms with Crippen molar-refractivity contribution in [3.05, 3.63) is 0 Å². The summed E-state index contributed by atoms with van der Waals surface area (Å²) < 4.78 is 55.9. The van der Waals surface area contributed by atoms with E-state index in [0.717, 1.165) is 0 Å². The molecule has 0 spiro atoms. The zero-order chi connectivity index (χ0) is 43.7. The van der Waals surface area contributed by atoms with Gasteiger partial charge in [0.2, 0.25) is 18.3 Å². The lowest BCUT2D eigenvalue weighted by Crippen LogP contribution is -2.64. The van der Waals surface area contributed by atoms with Gasteiger partial charge in [-0.05, 0) is 0 Å². The predicted octanol–water partition coefficient (Wildman–Crippen LogP) is 4.86. The molecular formula is C37H56Cl3NO16. The molecule has 2 saturated heterocycles. The molecule has 2 aliphatic rings. The van der Waals surface area contributed by atoms with Gasteiger partial charge in [0.25, 0.3) is 3.79 Å². The van der Waals surface area contributed by atoms with Crippen molar-refractivity contribution >= 4 is 76.5 Å². The number of alkyl halides is 3. The summed E-state index contributed by atoms with van der Waals surface area (Å²) >= 11 is 17.8. The maximum absolute atomic E-state index is 13.2. The summed E-state index contributed by atoms with van der Waals surface area (Å²) in [5.74, 6) is -9.56. The summed E-state index contributed by atoms with van der Waals surface area (Å²) in [7, 11) is 0. The molecule has 0 aliphatic carbocycles. The van der Waals surface area contributed by atoms with Crippen molar-refractivity contribution in [1.29, 1.82) is 5.41 Å². The van der Waals surface area contributed by atoms with Gasteiger partial charge in [-0.3, -0.25) is 34.2 Å². The summed E-state index contributed by atoms with van der Waals surface area (Å²) in [6.07, 6.45) is -14.1. The van der Waals surface area contributed by atoms with Crippen LogP contribution in [0.2, 0.25) is 0 Å². The summed E-state index contributed by atoms with van der Waals surface area (Å²) in [4.78, 5) is 78.2. The zero-order valence-electron chi connectivity index (χ0n) is 34.2. The van der Waals surface area contributed by atoms with Crippen LogP contribution in [0.1, 0.15) is 83.1 Å². The smallest absolute Gasteiger partial charge is 0.309 e. The first-order chi connectivity index (χ1) is 26.3. The van der Waals surface area contributed by atoms with Crippen molar-refractivity contribution in [2.24, 2.45) is 35.5 Å². The molecule has 0 radical (unpaired) electrons. The third-order valence-corrected chi connectivity index (χ3v) is 8.76. The highest BCUT2D eigenvalue weighted by atomic mass is 35.6. The first kappa shape index (κ1) is 50.2. The van der Waals surface area contributed by atoms with E-state index in [4.69, 9.17) is 87.6 Å². The minimum atomic E-state index is -2.44. The van der Waals surface area contributed by atoms with E-state index in [1.165, 1.54) is 27.7 Å². The second kappa shape index (κ2) is 21.9. The third-order valence-electron chi connectivity index (χ3n) is 8.25. The quantitative estimate of drug-likeness (QED) is 0.0720. The highest BCUT2D eigenvalue weighted by Gasteiger charge is 2.56. The van der Waals surface area contributed by atoms with Gasteiger partial charge in [0, 0.05) is 0 Å². The van der Waals surface area contributed by atoms with E-state index in [1.807, 2.05) is 0 Å². The highest BCUT2D eigenvalue weighted by Crippen LogP contribution is 2.35. The number of halogens is 3. The molecule has 2 rings (SSSR count). The van der Waals surface area contributed by atoms with Crippen LogP contribution in [0.25, 0.3) is 0 Å². The average molecular weight is 877 g/mol. The second-order valence-electron chi connectivity index (χ2n) is 15.4. The lowest BCUT2D eigenvalue weighted by Gasteiger charge is -2.46. The Bertz CT molecular complexity index is 1430. The van der Waals surface area contributed by atoms with E-state index in [1.54, 1.807) is 55.4 Å². The van der Waals surface area contributed by atoms with E-state index >= 15 is 0 Å². The molecular weight excluding hydrogens is 821 g/mol. The fraction of sp³-hybridized carbons (Fsp3) is 0.811. The van der Waals surface area contributed by atoms with Crippen LogP contribution < -0.4 is 0 Å². The molecule has 0 aromatic rings. The predicted molar refractivity (Wildman–Crippen MR) is 202 cm³/mol. The molecule has 0 saturated carbocycles. The van der Waals surface area contributed by atoms with E-state index in [0.29, 0.717) is 0 Å². The van der Waals surface area contributed by atoms with Crippen molar-refractivity contribution < 1.29 is 76.1 Å². The summed E-state index contributed by atoms with van der Waals surface area (Å²) in [6.45, 7) is 17.7. The number of rotatable bonds is 16. The maximum Gasteiger partial charge on any atom is 0.309 e. The topological polar surface area (TPSA) is 219 Å². The van der Waals surface area contributed by atoms with Gasteiger partial charge < -0.3 is 47.4 Å². The molecule has 0 aromatic carbocycles. The first-order valence-electron chi connectivity index (χ1n) is 18.7. The molecule has 326 valence electrons. The van der Waals surface area contributed by atoms with Crippen LogP contribution in [0, 0.1) is 40.9 Å². The molecule has 2 fully saturated rings. The largest absolute Gasteiger partial charge is 0.456 e. The van der Waals surface area contributed by atoms with Gasteiger partial charge in [0.1, 0.15) is 6.10 Å². The third kappa shape index (κ3) is 14.7. The zero-order valence-corrected chi connectivity index (χ0v) is 36.5. The molecule has 9 atom stereocenters. The number of esters is 6. The lowest BCUT2D eigenvalue weighted by atomic mass is 9.97. The van der Waals surface area contributed by atoms with Crippen molar-refractivity contribution in [3.63, 3.8) is 0 Å². The molecule has 0 aromatic heterocycles. The average Bonchev–Trinajstić information content (AvgIpc) is 3.10. The first-order valence-corrected chi connectivity index (χ1v) is 19.8. The Morgan fingerprint density at radius 3 is 1.28 bits per heavy atom. The number of hydrogen-bond acceptors (Lipinski definition) is 17. The van der Waals surface area contributed by atoms with Gasteiger partial charge in [-0.1, -0.05) is 118 Å². The Kier molecular flexibility index (Phi) is 19.3. The van der Waals surface area contributed by atoms with Crippen LogP contribution in [-0.4, -0.2) is 114 Å². The molecule has 20 heteroatoms. The molecule has 2 heterocycles. The van der Waals surface area contributed by atoms with Gasteiger partial charge in [0.15, 0.2) is 36.8 Å². The van der Waals surface area contributed by atoms with Crippen LogP contribution in [0.4, 0.5) is 0 Å². The Balaban J connectivity index is 2.73.